The maximum absolute atomic E-state index is 5.63. The van der Waals surface area contributed by atoms with Crippen LogP contribution in [0.25, 0.3) is 0 Å². The zero-order valence-corrected chi connectivity index (χ0v) is 9.13. The summed E-state index contributed by atoms with van der Waals surface area (Å²) in [4.78, 5) is 10.9. The first kappa shape index (κ1) is 10.5. The third kappa shape index (κ3) is 2.52. The van der Waals surface area contributed by atoms with Crippen LogP contribution in [0.2, 0.25) is 0 Å². The van der Waals surface area contributed by atoms with Gasteiger partial charge in [0.05, 0.1) is 11.7 Å². The molecule has 1 aromatic heterocycles. The van der Waals surface area contributed by atoms with Crippen molar-refractivity contribution in [1.82, 2.24) is 14.9 Å². The Morgan fingerprint density at radius 2 is 2.33 bits per heavy atom. The molecule has 1 fully saturated rings. The van der Waals surface area contributed by atoms with Crippen molar-refractivity contribution in [2.45, 2.75) is 31.8 Å². The summed E-state index contributed by atoms with van der Waals surface area (Å²) in [6.45, 7) is 3.83. The van der Waals surface area contributed by atoms with E-state index in [1.54, 1.807) is 12.4 Å². The van der Waals surface area contributed by atoms with Gasteiger partial charge in [-0.05, 0) is 19.8 Å². The molecule has 0 radical (unpaired) electrons. The lowest BCUT2D eigenvalue weighted by molar-refractivity contribution is 0.202. The molecule has 2 N–H and O–H groups in total. The van der Waals surface area contributed by atoms with Crippen LogP contribution in [-0.4, -0.2) is 34.0 Å². The van der Waals surface area contributed by atoms with Crippen molar-refractivity contribution in [3.63, 3.8) is 0 Å². The zero-order chi connectivity index (χ0) is 10.7. The normalized spacial score (nSPS) is 18.1. The van der Waals surface area contributed by atoms with Crippen molar-refractivity contribution in [2.75, 3.05) is 13.1 Å². The Morgan fingerprint density at radius 3 is 2.87 bits per heavy atom. The highest BCUT2D eigenvalue weighted by Gasteiger charge is 2.32. The molecule has 1 atom stereocenters. The van der Waals surface area contributed by atoms with Gasteiger partial charge in [-0.1, -0.05) is 0 Å². The highest BCUT2D eigenvalue weighted by Crippen LogP contribution is 2.32. The molecule has 0 amide bonds. The molecule has 0 saturated heterocycles. The Balaban J connectivity index is 2.07. The van der Waals surface area contributed by atoms with Crippen LogP contribution in [0.4, 0.5) is 0 Å². The third-order valence-electron chi connectivity index (χ3n) is 2.91. The average molecular weight is 206 g/mol. The first-order valence-corrected chi connectivity index (χ1v) is 5.54. The number of nitrogens with two attached hydrogens (primary N) is 1. The number of hydrogen-bond acceptors (Lipinski definition) is 4. The minimum absolute atomic E-state index is 0.328. The van der Waals surface area contributed by atoms with Gasteiger partial charge in [-0.3, -0.25) is 14.9 Å². The quantitative estimate of drug-likeness (QED) is 0.779. The first-order chi connectivity index (χ1) is 7.33. The Morgan fingerprint density at radius 1 is 1.53 bits per heavy atom. The van der Waals surface area contributed by atoms with Crippen molar-refractivity contribution in [3.8, 4) is 0 Å². The molecular formula is C11H18N4. The Kier molecular flexibility index (Phi) is 3.28. The lowest BCUT2D eigenvalue weighted by Crippen LogP contribution is -2.34. The van der Waals surface area contributed by atoms with Gasteiger partial charge in [0.2, 0.25) is 0 Å². The van der Waals surface area contributed by atoms with E-state index in [0.717, 1.165) is 12.2 Å². The summed E-state index contributed by atoms with van der Waals surface area (Å²) in [5, 5.41) is 0. The molecule has 2 rings (SSSR count). The highest BCUT2D eigenvalue weighted by molar-refractivity contribution is 5.03. The molecule has 1 aliphatic rings. The summed E-state index contributed by atoms with van der Waals surface area (Å²) in [7, 11) is 0. The Bertz CT molecular complexity index is 297. The molecule has 0 aromatic carbocycles. The minimum Gasteiger partial charge on any atom is -0.329 e. The summed E-state index contributed by atoms with van der Waals surface area (Å²) in [5.74, 6) is 0. The Hall–Kier alpha value is -1.00. The molecule has 0 spiro atoms. The van der Waals surface area contributed by atoms with E-state index in [2.05, 4.69) is 21.8 Å². The predicted octanol–water partition coefficient (Wildman–Crippen LogP) is 0.961. The second-order valence-corrected chi connectivity index (χ2v) is 4.06. The van der Waals surface area contributed by atoms with Crippen molar-refractivity contribution in [2.24, 2.45) is 5.73 Å². The molecule has 1 aliphatic carbocycles. The van der Waals surface area contributed by atoms with E-state index in [-0.39, 0.29) is 0 Å². The van der Waals surface area contributed by atoms with E-state index in [0.29, 0.717) is 18.6 Å². The van der Waals surface area contributed by atoms with Crippen LogP contribution in [-0.2, 0) is 0 Å². The minimum atomic E-state index is 0.328. The molecule has 1 heterocycles. The fourth-order valence-electron chi connectivity index (χ4n) is 1.94. The van der Waals surface area contributed by atoms with E-state index < -0.39 is 0 Å². The van der Waals surface area contributed by atoms with Gasteiger partial charge in [-0.15, -0.1) is 0 Å². The lowest BCUT2D eigenvalue weighted by atomic mass is 10.2. The fourth-order valence-corrected chi connectivity index (χ4v) is 1.94. The van der Waals surface area contributed by atoms with Gasteiger partial charge in [0.1, 0.15) is 0 Å². The number of rotatable bonds is 5. The standard InChI is InChI=1S/C11H18N4/c1-9(11-8-13-5-6-14-11)15(7-4-12)10-2-3-10/h5-6,8-10H,2-4,7,12H2,1H3. The summed E-state index contributed by atoms with van der Waals surface area (Å²) in [6.07, 6.45) is 7.89. The molecular weight excluding hydrogens is 188 g/mol. The number of hydrogen-bond donors (Lipinski definition) is 1. The van der Waals surface area contributed by atoms with E-state index in [9.17, 15) is 0 Å². The largest absolute Gasteiger partial charge is 0.329 e. The van der Waals surface area contributed by atoms with Crippen LogP contribution in [0.1, 0.15) is 31.5 Å². The smallest absolute Gasteiger partial charge is 0.0755 e. The van der Waals surface area contributed by atoms with Crippen molar-refractivity contribution >= 4 is 0 Å². The van der Waals surface area contributed by atoms with Gasteiger partial charge in [0.15, 0.2) is 0 Å². The monoisotopic (exact) mass is 206 g/mol. The maximum Gasteiger partial charge on any atom is 0.0755 e. The van der Waals surface area contributed by atoms with Gasteiger partial charge in [0, 0.05) is 37.7 Å². The molecule has 15 heavy (non-hydrogen) atoms. The van der Waals surface area contributed by atoms with Crippen LogP contribution >= 0.6 is 0 Å². The molecule has 1 aromatic rings. The topological polar surface area (TPSA) is 55.0 Å². The molecule has 4 nitrogen and oxygen atoms in total. The van der Waals surface area contributed by atoms with Gasteiger partial charge < -0.3 is 5.73 Å². The summed E-state index contributed by atoms with van der Waals surface area (Å²) < 4.78 is 0. The molecule has 82 valence electrons. The summed E-state index contributed by atoms with van der Waals surface area (Å²) >= 11 is 0. The van der Waals surface area contributed by atoms with E-state index in [1.165, 1.54) is 12.8 Å². The van der Waals surface area contributed by atoms with E-state index >= 15 is 0 Å². The molecule has 1 unspecified atom stereocenters. The highest BCUT2D eigenvalue weighted by atomic mass is 15.2. The molecule has 1 saturated carbocycles. The average Bonchev–Trinajstić information content (AvgIpc) is 3.10. The zero-order valence-electron chi connectivity index (χ0n) is 9.13. The second kappa shape index (κ2) is 4.68. The summed E-state index contributed by atoms with van der Waals surface area (Å²) in [5.41, 5.74) is 6.67. The SMILES string of the molecule is CC(c1cnccn1)N(CCN)C1CC1. The van der Waals surface area contributed by atoms with Crippen LogP contribution < -0.4 is 5.73 Å². The van der Waals surface area contributed by atoms with Gasteiger partial charge >= 0.3 is 0 Å². The van der Waals surface area contributed by atoms with E-state index in [4.69, 9.17) is 5.73 Å². The van der Waals surface area contributed by atoms with Crippen LogP contribution in [0.3, 0.4) is 0 Å². The van der Waals surface area contributed by atoms with Gasteiger partial charge in [-0.25, -0.2) is 0 Å². The van der Waals surface area contributed by atoms with Crippen LogP contribution in [0.15, 0.2) is 18.6 Å². The third-order valence-corrected chi connectivity index (χ3v) is 2.91. The molecule has 4 heteroatoms. The van der Waals surface area contributed by atoms with Crippen LogP contribution in [0, 0.1) is 0 Å². The van der Waals surface area contributed by atoms with E-state index in [1.807, 2.05) is 6.20 Å². The maximum atomic E-state index is 5.63. The Labute approximate surface area is 90.5 Å². The van der Waals surface area contributed by atoms with Crippen molar-refractivity contribution in [3.05, 3.63) is 24.3 Å². The number of aromatic nitrogens is 2. The summed E-state index contributed by atoms with van der Waals surface area (Å²) in [6, 6.07) is 1.04. The van der Waals surface area contributed by atoms with Crippen LogP contribution in [0.5, 0.6) is 0 Å². The first-order valence-electron chi connectivity index (χ1n) is 5.54. The van der Waals surface area contributed by atoms with Gasteiger partial charge in [-0.2, -0.15) is 0 Å². The van der Waals surface area contributed by atoms with Crippen molar-refractivity contribution in [1.29, 1.82) is 0 Å². The molecule has 0 bridgehead atoms. The predicted molar refractivity (Wildman–Crippen MR) is 59.2 cm³/mol. The second-order valence-electron chi connectivity index (χ2n) is 4.06. The number of nitrogens with zero attached hydrogens (tertiary/aromatic N) is 3. The van der Waals surface area contributed by atoms with Gasteiger partial charge in [0.25, 0.3) is 0 Å². The lowest BCUT2D eigenvalue weighted by Gasteiger charge is -2.27. The molecule has 0 aliphatic heterocycles. The van der Waals surface area contributed by atoms with Crippen molar-refractivity contribution < 1.29 is 0 Å². The fraction of sp³-hybridized carbons (Fsp3) is 0.636.